The lowest BCUT2D eigenvalue weighted by Crippen LogP contribution is -2.52. The molecule has 1 saturated carbocycles. The van der Waals surface area contributed by atoms with Gasteiger partial charge in [-0.15, -0.1) is 0 Å². The third kappa shape index (κ3) is 4.29. The summed E-state index contributed by atoms with van der Waals surface area (Å²) < 4.78 is 0. The molecule has 1 aliphatic rings. The summed E-state index contributed by atoms with van der Waals surface area (Å²) in [6.07, 6.45) is 3.79. The van der Waals surface area contributed by atoms with Crippen LogP contribution in [0, 0.1) is 0 Å². The second-order valence-electron chi connectivity index (χ2n) is 8.41. The zero-order valence-electron chi connectivity index (χ0n) is 17.4. The van der Waals surface area contributed by atoms with Gasteiger partial charge >= 0.3 is 0 Å². The van der Waals surface area contributed by atoms with Gasteiger partial charge in [-0.3, -0.25) is 4.79 Å². The highest BCUT2D eigenvalue weighted by atomic mass is 35.5. The normalized spacial score (nSPS) is 16.9. The van der Waals surface area contributed by atoms with Crippen LogP contribution in [0.1, 0.15) is 48.8 Å². The Morgan fingerprint density at radius 3 is 2.10 bits per heavy atom. The first-order valence-electron chi connectivity index (χ1n) is 10.7. The molecular weight excluding hydrogens is 390 g/mol. The molecule has 1 aliphatic carbocycles. The predicted molar refractivity (Wildman–Crippen MR) is 124 cm³/mol. The fourth-order valence-electron chi connectivity index (χ4n) is 4.54. The number of carbonyl (C=O) groups is 1. The molecular formula is C27H28ClNO. The van der Waals surface area contributed by atoms with Gasteiger partial charge in [0.25, 0.3) is 0 Å². The highest BCUT2D eigenvalue weighted by molar-refractivity contribution is 6.30. The number of halogens is 1. The molecule has 2 nitrogen and oxygen atoms in total. The molecule has 0 aliphatic heterocycles. The fraction of sp³-hybridized carbons (Fsp3) is 0.296. The second kappa shape index (κ2) is 9.06. The van der Waals surface area contributed by atoms with E-state index in [1.807, 2.05) is 36.4 Å². The van der Waals surface area contributed by atoms with Gasteiger partial charge in [0.05, 0.1) is 5.41 Å². The highest BCUT2D eigenvalue weighted by Gasteiger charge is 2.46. The number of hydrogen-bond acceptors (Lipinski definition) is 1. The van der Waals surface area contributed by atoms with Crippen LogP contribution < -0.4 is 5.32 Å². The van der Waals surface area contributed by atoms with Crippen molar-refractivity contribution in [3.8, 4) is 0 Å². The first-order valence-corrected chi connectivity index (χ1v) is 11.1. The fourth-order valence-corrected chi connectivity index (χ4v) is 4.66. The minimum Gasteiger partial charge on any atom is -0.352 e. The van der Waals surface area contributed by atoms with Crippen molar-refractivity contribution in [1.29, 1.82) is 0 Å². The quantitative estimate of drug-likeness (QED) is 0.480. The van der Waals surface area contributed by atoms with Gasteiger partial charge in [-0.2, -0.15) is 0 Å². The SMILES string of the molecule is C[C@H](NC(=O)C1(c2ccccc2)CCC1)C(Cc1ccc(Cl)cc1)c1ccccc1. The Labute approximate surface area is 184 Å². The lowest BCUT2D eigenvalue weighted by atomic mass is 9.63. The molecule has 2 atom stereocenters. The Morgan fingerprint density at radius 2 is 1.53 bits per heavy atom. The maximum Gasteiger partial charge on any atom is 0.230 e. The standard InChI is InChI=1S/C27H28ClNO/c1-20(29-26(30)27(17-8-18-27)23-11-6-3-7-12-23)25(22-9-4-2-5-10-22)19-21-13-15-24(28)16-14-21/h2-7,9-16,20,25H,8,17-19H2,1H3,(H,29,30)/t20-,25?/m0/s1. The molecule has 1 fully saturated rings. The van der Waals surface area contributed by atoms with E-state index in [9.17, 15) is 4.79 Å². The largest absolute Gasteiger partial charge is 0.352 e. The first-order chi connectivity index (χ1) is 14.6. The first kappa shape index (κ1) is 20.7. The van der Waals surface area contributed by atoms with Crippen molar-refractivity contribution < 1.29 is 4.79 Å². The van der Waals surface area contributed by atoms with Crippen LogP contribution in [0.4, 0.5) is 0 Å². The van der Waals surface area contributed by atoms with Crippen molar-refractivity contribution in [2.24, 2.45) is 0 Å². The number of carbonyl (C=O) groups excluding carboxylic acids is 1. The van der Waals surface area contributed by atoms with Gasteiger partial charge in [0, 0.05) is 17.0 Å². The third-order valence-corrected chi connectivity index (χ3v) is 6.78. The van der Waals surface area contributed by atoms with Crippen LogP contribution in [-0.2, 0) is 16.6 Å². The van der Waals surface area contributed by atoms with Gasteiger partial charge in [-0.05, 0) is 55.0 Å². The maximum atomic E-state index is 13.5. The van der Waals surface area contributed by atoms with Crippen LogP contribution in [0.2, 0.25) is 5.02 Å². The minimum absolute atomic E-state index is 0.0109. The molecule has 154 valence electrons. The second-order valence-corrected chi connectivity index (χ2v) is 8.85. The van der Waals surface area contributed by atoms with E-state index in [1.165, 1.54) is 11.1 Å². The van der Waals surface area contributed by atoms with Gasteiger partial charge in [0.1, 0.15) is 0 Å². The van der Waals surface area contributed by atoms with Crippen LogP contribution >= 0.6 is 11.6 Å². The van der Waals surface area contributed by atoms with E-state index in [2.05, 4.69) is 60.8 Å². The monoisotopic (exact) mass is 417 g/mol. The van der Waals surface area contributed by atoms with Crippen LogP contribution in [-0.4, -0.2) is 11.9 Å². The van der Waals surface area contributed by atoms with Crippen LogP contribution in [0.5, 0.6) is 0 Å². The number of nitrogens with one attached hydrogen (secondary N) is 1. The van der Waals surface area contributed by atoms with E-state index in [4.69, 9.17) is 11.6 Å². The van der Waals surface area contributed by atoms with E-state index in [0.29, 0.717) is 0 Å². The molecule has 1 N–H and O–H groups in total. The predicted octanol–water partition coefficient (Wildman–Crippen LogP) is 6.29. The van der Waals surface area contributed by atoms with Gasteiger partial charge in [-0.1, -0.05) is 90.8 Å². The summed E-state index contributed by atoms with van der Waals surface area (Å²) in [6.45, 7) is 2.13. The molecule has 0 heterocycles. The number of benzene rings is 3. The number of amides is 1. The van der Waals surface area contributed by atoms with Crippen LogP contribution in [0.15, 0.2) is 84.9 Å². The van der Waals surface area contributed by atoms with Crippen LogP contribution in [0.25, 0.3) is 0 Å². The molecule has 30 heavy (non-hydrogen) atoms. The van der Waals surface area contributed by atoms with Crippen molar-refractivity contribution in [3.63, 3.8) is 0 Å². The molecule has 0 aromatic heterocycles. The van der Waals surface area contributed by atoms with Gasteiger partial charge in [-0.25, -0.2) is 0 Å². The zero-order chi connectivity index (χ0) is 21.0. The topological polar surface area (TPSA) is 29.1 Å². The summed E-state index contributed by atoms with van der Waals surface area (Å²) in [5, 5.41) is 4.13. The van der Waals surface area contributed by atoms with Gasteiger partial charge in [0.15, 0.2) is 0 Å². The molecule has 3 aromatic carbocycles. The maximum absolute atomic E-state index is 13.5. The molecule has 4 rings (SSSR count). The van der Waals surface area contributed by atoms with Crippen molar-refractivity contribution >= 4 is 17.5 Å². The average molecular weight is 418 g/mol. The number of rotatable bonds is 7. The van der Waals surface area contributed by atoms with Crippen LogP contribution in [0.3, 0.4) is 0 Å². The third-order valence-electron chi connectivity index (χ3n) is 6.53. The van der Waals surface area contributed by atoms with E-state index in [-0.39, 0.29) is 23.3 Å². The van der Waals surface area contributed by atoms with Crippen molar-refractivity contribution in [1.82, 2.24) is 5.32 Å². The summed E-state index contributed by atoms with van der Waals surface area (Å²) in [7, 11) is 0. The molecule has 0 radical (unpaired) electrons. The summed E-state index contributed by atoms with van der Waals surface area (Å²) in [4.78, 5) is 13.5. The van der Waals surface area contributed by atoms with E-state index in [0.717, 1.165) is 36.3 Å². The molecule has 0 saturated heterocycles. The van der Waals surface area contributed by atoms with Crippen molar-refractivity contribution in [2.45, 2.75) is 50.0 Å². The van der Waals surface area contributed by atoms with Gasteiger partial charge in [0.2, 0.25) is 5.91 Å². The molecule has 1 amide bonds. The summed E-state index contributed by atoms with van der Waals surface area (Å²) in [5.41, 5.74) is 3.21. The smallest absolute Gasteiger partial charge is 0.230 e. The summed E-state index contributed by atoms with van der Waals surface area (Å²) in [6, 6.07) is 28.7. The summed E-state index contributed by atoms with van der Waals surface area (Å²) >= 11 is 6.07. The molecule has 0 bridgehead atoms. The Kier molecular flexibility index (Phi) is 6.24. The molecule has 0 spiro atoms. The van der Waals surface area contributed by atoms with Crippen molar-refractivity contribution in [2.75, 3.05) is 0 Å². The van der Waals surface area contributed by atoms with E-state index < -0.39 is 0 Å². The molecule has 3 aromatic rings. The van der Waals surface area contributed by atoms with E-state index >= 15 is 0 Å². The Bertz CT molecular complexity index is 965. The Hall–Kier alpha value is -2.58. The number of hydrogen-bond donors (Lipinski definition) is 1. The highest BCUT2D eigenvalue weighted by Crippen LogP contribution is 2.44. The minimum atomic E-state index is -0.378. The van der Waals surface area contributed by atoms with Crippen molar-refractivity contribution in [3.05, 3.63) is 107 Å². The Morgan fingerprint density at radius 1 is 0.933 bits per heavy atom. The lowest BCUT2D eigenvalue weighted by molar-refractivity contribution is -0.130. The lowest BCUT2D eigenvalue weighted by Gasteiger charge is -2.42. The summed E-state index contributed by atoms with van der Waals surface area (Å²) in [5.74, 6) is 0.341. The Balaban J connectivity index is 1.56. The average Bonchev–Trinajstić information content (AvgIpc) is 2.74. The molecule has 1 unspecified atom stereocenters. The zero-order valence-corrected chi connectivity index (χ0v) is 18.1. The molecule has 3 heteroatoms. The van der Waals surface area contributed by atoms with E-state index in [1.54, 1.807) is 0 Å². The van der Waals surface area contributed by atoms with Gasteiger partial charge < -0.3 is 5.32 Å².